The minimum atomic E-state index is -0.906. The van der Waals surface area contributed by atoms with E-state index >= 15 is 0 Å². The number of thiazole rings is 1. The number of thiophene rings is 1. The van der Waals surface area contributed by atoms with Crippen molar-refractivity contribution in [2.45, 2.75) is 6.92 Å². The van der Waals surface area contributed by atoms with Gasteiger partial charge in [-0.1, -0.05) is 0 Å². The highest BCUT2D eigenvalue weighted by Gasteiger charge is 2.17. The van der Waals surface area contributed by atoms with E-state index in [9.17, 15) is 4.79 Å². The van der Waals surface area contributed by atoms with E-state index in [-0.39, 0.29) is 0 Å². The van der Waals surface area contributed by atoms with E-state index in [2.05, 4.69) is 4.98 Å². The number of hydrogen-bond donors (Lipinski definition) is 1. The van der Waals surface area contributed by atoms with Crippen LogP contribution < -0.4 is 0 Å². The maximum atomic E-state index is 10.9. The first-order chi connectivity index (χ1) is 6.68. The van der Waals surface area contributed by atoms with Gasteiger partial charge in [-0.2, -0.15) is 11.3 Å². The van der Waals surface area contributed by atoms with Crippen molar-refractivity contribution in [2.75, 3.05) is 0 Å². The molecule has 0 radical (unpaired) electrons. The number of carbonyl (C=O) groups is 1. The Morgan fingerprint density at radius 3 is 2.93 bits per heavy atom. The molecule has 0 atom stereocenters. The topological polar surface area (TPSA) is 50.2 Å². The molecule has 0 bridgehead atoms. The first-order valence-electron chi connectivity index (χ1n) is 3.92. The van der Waals surface area contributed by atoms with Gasteiger partial charge in [-0.25, -0.2) is 9.78 Å². The second-order valence-electron chi connectivity index (χ2n) is 2.73. The van der Waals surface area contributed by atoms with E-state index in [1.807, 2.05) is 23.8 Å². The van der Waals surface area contributed by atoms with Gasteiger partial charge >= 0.3 is 5.97 Å². The van der Waals surface area contributed by atoms with Crippen LogP contribution in [0.4, 0.5) is 0 Å². The summed E-state index contributed by atoms with van der Waals surface area (Å²) in [6, 6.07) is 1.88. The van der Waals surface area contributed by atoms with E-state index in [4.69, 9.17) is 5.11 Å². The standard InChI is InChI=1S/C9H7NO2S2/c1-5-10-7(6-2-3-13-4-6)8(14-5)9(11)12/h2-4H,1H3,(H,11,12). The Labute approximate surface area is 88.7 Å². The molecule has 0 saturated carbocycles. The number of carboxylic acids is 1. The van der Waals surface area contributed by atoms with E-state index in [1.54, 1.807) is 0 Å². The van der Waals surface area contributed by atoms with Crippen LogP contribution in [-0.4, -0.2) is 16.1 Å². The Hall–Kier alpha value is -1.20. The first kappa shape index (κ1) is 9.36. The van der Waals surface area contributed by atoms with Crippen molar-refractivity contribution in [3.05, 3.63) is 26.7 Å². The minimum Gasteiger partial charge on any atom is -0.477 e. The SMILES string of the molecule is Cc1nc(-c2ccsc2)c(C(=O)O)s1. The van der Waals surface area contributed by atoms with Gasteiger partial charge in [0.2, 0.25) is 0 Å². The van der Waals surface area contributed by atoms with Gasteiger partial charge in [-0.15, -0.1) is 11.3 Å². The summed E-state index contributed by atoms with van der Waals surface area (Å²) < 4.78 is 0. The molecule has 72 valence electrons. The number of aromatic nitrogens is 1. The summed E-state index contributed by atoms with van der Waals surface area (Å²) in [5, 5.41) is 13.5. The van der Waals surface area contributed by atoms with Gasteiger partial charge in [-0.3, -0.25) is 0 Å². The number of aromatic carboxylic acids is 1. The summed E-state index contributed by atoms with van der Waals surface area (Å²) in [6.07, 6.45) is 0. The molecule has 0 spiro atoms. The third-order valence-electron chi connectivity index (χ3n) is 1.72. The lowest BCUT2D eigenvalue weighted by atomic mass is 10.2. The molecule has 0 aliphatic carbocycles. The number of hydrogen-bond acceptors (Lipinski definition) is 4. The first-order valence-corrected chi connectivity index (χ1v) is 5.67. The molecule has 2 aromatic rings. The molecule has 2 rings (SSSR count). The molecular weight excluding hydrogens is 218 g/mol. The second kappa shape index (κ2) is 3.51. The number of aryl methyl sites for hydroxylation is 1. The highest BCUT2D eigenvalue weighted by Crippen LogP contribution is 2.29. The van der Waals surface area contributed by atoms with Crippen LogP contribution in [0.3, 0.4) is 0 Å². The van der Waals surface area contributed by atoms with Gasteiger partial charge in [0.25, 0.3) is 0 Å². The zero-order chi connectivity index (χ0) is 10.1. The fraction of sp³-hybridized carbons (Fsp3) is 0.111. The molecule has 0 unspecified atom stereocenters. The van der Waals surface area contributed by atoms with Crippen LogP contribution in [0.15, 0.2) is 16.8 Å². The highest BCUT2D eigenvalue weighted by molar-refractivity contribution is 7.14. The van der Waals surface area contributed by atoms with Crippen LogP contribution >= 0.6 is 22.7 Å². The molecule has 0 fully saturated rings. The van der Waals surface area contributed by atoms with E-state index in [0.717, 1.165) is 10.6 Å². The third kappa shape index (κ3) is 1.56. The van der Waals surface area contributed by atoms with E-state index < -0.39 is 5.97 Å². The fourth-order valence-corrected chi connectivity index (χ4v) is 2.59. The van der Waals surface area contributed by atoms with Crippen molar-refractivity contribution in [2.24, 2.45) is 0 Å². The van der Waals surface area contributed by atoms with Gasteiger partial charge in [-0.05, 0) is 18.4 Å². The lowest BCUT2D eigenvalue weighted by Crippen LogP contribution is -1.94. The number of nitrogens with zero attached hydrogens (tertiary/aromatic N) is 1. The van der Waals surface area contributed by atoms with Crippen LogP contribution in [0.25, 0.3) is 11.3 Å². The van der Waals surface area contributed by atoms with Gasteiger partial charge in [0.1, 0.15) is 4.88 Å². The predicted octanol–water partition coefficient (Wildman–Crippen LogP) is 2.88. The largest absolute Gasteiger partial charge is 0.477 e. The molecule has 0 aromatic carbocycles. The molecule has 0 amide bonds. The Morgan fingerprint density at radius 2 is 2.36 bits per heavy atom. The summed E-state index contributed by atoms with van der Waals surface area (Å²) in [6.45, 7) is 1.81. The molecule has 14 heavy (non-hydrogen) atoms. The van der Waals surface area contributed by atoms with Crippen LogP contribution in [0.1, 0.15) is 14.7 Å². The van der Waals surface area contributed by atoms with E-state index in [0.29, 0.717) is 10.6 Å². The second-order valence-corrected chi connectivity index (χ2v) is 4.71. The average molecular weight is 225 g/mol. The summed E-state index contributed by atoms with van der Waals surface area (Å²) in [5.41, 5.74) is 1.47. The van der Waals surface area contributed by atoms with Crippen molar-refractivity contribution in [3.63, 3.8) is 0 Å². The van der Waals surface area contributed by atoms with Gasteiger partial charge in [0.05, 0.1) is 10.7 Å². The Kier molecular flexibility index (Phi) is 2.35. The molecular formula is C9H7NO2S2. The van der Waals surface area contributed by atoms with Crippen molar-refractivity contribution >= 4 is 28.6 Å². The lowest BCUT2D eigenvalue weighted by Gasteiger charge is -1.92. The molecule has 0 aliphatic heterocycles. The zero-order valence-corrected chi connectivity index (χ0v) is 8.98. The van der Waals surface area contributed by atoms with Crippen LogP contribution in [0.5, 0.6) is 0 Å². The van der Waals surface area contributed by atoms with Crippen LogP contribution in [-0.2, 0) is 0 Å². The van der Waals surface area contributed by atoms with Gasteiger partial charge < -0.3 is 5.11 Å². The quantitative estimate of drug-likeness (QED) is 0.855. The molecule has 3 nitrogen and oxygen atoms in total. The molecule has 5 heteroatoms. The number of carboxylic acid groups (broad SMARTS) is 1. The maximum absolute atomic E-state index is 10.9. The fourth-order valence-electron chi connectivity index (χ4n) is 1.17. The number of rotatable bonds is 2. The molecule has 2 aromatic heterocycles. The average Bonchev–Trinajstić information content (AvgIpc) is 2.70. The molecule has 1 N–H and O–H groups in total. The van der Waals surface area contributed by atoms with Gasteiger partial charge in [0.15, 0.2) is 0 Å². The molecule has 0 aliphatic rings. The normalized spacial score (nSPS) is 10.4. The van der Waals surface area contributed by atoms with Crippen molar-refractivity contribution < 1.29 is 9.90 Å². The van der Waals surface area contributed by atoms with E-state index in [1.165, 1.54) is 22.7 Å². The molecule has 2 heterocycles. The monoisotopic (exact) mass is 225 g/mol. The molecule has 0 saturated heterocycles. The third-order valence-corrected chi connectivity index (χ3v) is 3.36. The summed E-state index contributed by atoms with van der Waals surface area (Å²) in [5.74, 6) is -0.906. The summed E-state index contributed by atoms with van der Waals surface area (Å²) >= 11 is 2.75. The maximum Gasteiger partial charge on any atom is 0.348 e. The van der Waals surface area contributed by atoms with Crippen LogP contribution in [0, 0.1) is 6.92 Å². The Morgan fingerprint density at radius 1 is 1.57 bits per heavy atom. The Bertz CT molecular complexity index is 459. The van der Waals surface area contributed by atoms with Gasteiger partial charge in [0, 0.05) is 10.9 Å². The van der Waals surface area contributed by atoms with Crippen molar-refractivity contribution in [3.8, 4) is 11.3 Å². The summed E-state index contributed by atoms with van der Waals surface area (Å²) in [4.78, 5) is 15.4. The minimum absolute atomic E-state index is 0.320. The van der Waals surface area contributed by atoms with Crippen molar-refractivity contribution in [1.29, 1.82) is 0 Å². The summed E-state index contributed by atoms with van der Waals surface area (Å²) in [7, 11) is 0. The smallest absolute Gasteiger partial charge is 0.348 e. The Balaban J connectivity index is 2.58. The lowest BCUT2D eigenvalue weighted by molar-refractivity contribution is 0.0702. The highest BCUT2D eigenvalue weighted by atomic mass is 32.1. The predicted molar refractivity (Wildman–Crippen MR) is 57.1 cm³/mol. The zero-order valence-electron chi connectivity index (χ0n) is 7.35. The van der Waals surface area contributed by atoms with Crippen molar-refractivity contribution in [1.82, 2.24) is 4.98 Å². The van der Waals surface area contributed by atoms with Crippen LogP contribution in [0.2, 0.25) is 0 Å².